The zero-order valence-corrected chi connectivity index (χ0v) is 15.6. The van der Waals surface area contributed by atoms with E-state index in [0.29, 0.717) is 24.3 Å². The number of benzene rings is 3. The second-order valence-corrected chi connectivity index (χ2v) is 8.28. The molecule has 3 aromatic rings. The Bertz CT molecular complexity index is 1140. The predicted octanol–water partition coefficient (Wildman–Crippen LogP) is 3.83. The first-order valence-corrected chi connectivity index (χ1v) is 10.2. The number of fused-ring (bicyclic) bond motifs is 1. The standard InChI is InChI=1S/C21H17FN2O3S/c22-19-7-3-2-6-18(19)21(25)23-16-9-11-17(12-10-16)28(26,27)24-14-13-15-5-1-4-8-20(15)24/h1-12H,13-14H2,(H,23,25). The second kappa shape index (κ2) is 7.09. The number of para-hydroxylation sites is 1. The van der Waals surface area contributed by atoms with Crippen LogP contribution >= 0.6 is 0 Å². The van der Waals surface area contributed by atoms with E-state index in [9.17, 15) is 17.6 Å². The van der Waals surface area contributed by atoms with E-state index < -0.39 is 21.7 Å². The average molecular weight is 396 g/mol. The number of rotatable bonds is 4. The number of nitrogens with zero attached hydrogens (tertiary/aromatic N) is 1. The molecule has 28 heavy (non-hydrogen) atoms. The molecule has 1 amide bonds. The minimum Gasteiger partial charge on any atom is -0.322 e. The van der Waals surface area contributed by atoms with Crippen molar-refractivity contribution in [2.45, 2.75) is 11.3 Å². The first-order valence-electron chi connectivity index (χ1n) is 8.73. The highest BCUT2D eigenvalue weighted by Crippen LogP contribution is 2.32. The van der Waals surface area contributed by atoms with Crippen molar-refractivity contribution in [3.8, 4) is 0 Å². The third-order valence-corrected chi connectivity index (χ3v) is 6.49. The van der Waals surface area contributed by atoms with Crippen LogP contribution in [0.4, 0.5) is 15.8 Å². The van der Waals surface area contributed by atoms with Crippen LogP contribution in [-0.4, -0.2) is 20.9 Å². The van der Waals surface area contributed by atoms with Crippen LogP contribution in [0.25, 0.3) is 0 Å². The number of hydrogen-bond donors (Lipinski definition) is 1. The summed E-state index contributed by atoms with van der Waals surface area (Å²) in [7, 11) is -3.70. The second-order valence-electron chi connectivity index (χ2n) is 6.41. The summed E-state index contributed by atoms with van der Waals surface area (Å²) in [4.78, 5) is 12.3. The third kappa shape index (κ3) is 3.25. The molecule has 7 heteroatoms. The van der Waals surface area contributed by atoms with E-state index in [2.05, 4.69) is 5.32 Å². The first kappa shape index (κ1) is 18.2. The van der Waals surface area contributed by atoms with E-state index in [1.165, 1.54) is 46.8 Å². The molecular formula is C21H17FN2O3S. The molecule has 0 aromatic heterocycles. The summed E-state index contributed by atoms with van der Waals surface area (Å²) in [6, 6.07) is 18.9. The molecule has 1 N–H and O–H groups in total. The van der Waals surface area contributed by atoms with Gasteiger partial charge in [0.1, 0.15) is 5.82 Å². The van der Waals surface area contributed by atoms with Crippen LogP contribution in [0, 0.1) is 5.82 Å². The smallest absolute Gasteiger partial charge is 0.264 e. The van der Waals surface area contributed by atoms with Crippen molar-refractivity contribution in [3.63, 3.8) is 0 Å². The Morgan fingerprint density at radius 3 is 2.36 bits per heavy atom. The largest absolute Gasteiger partial charge is 0.322 e. The fraction of sp³-hybridized carbons (Fsp3) is 0.0952. The molecule has 1 aliphatic rings. The van der Waals surface area contributed by atoms with Crippen molar-refractivity contribution >= 4 is 27.3 Å². The molecule has 0 radical (unpaired) electrons. The summed E-state index contributed by atoms with van der Waals surface area (Å²) in [5, 5.41) is 2.58. The van der Waals surface area contributed by atoms with Gasteiger partial charge in [-0.1, -0.05) is 30.3 Å². The number of sulfonamides is 1. The van der Waals surface area contributed by atoms with Gasteiger partial charge in [-0.25, -0.2) is 12.8 Å². The lowest BCUT2D eigenvalue weighted by Crippen LogP contribution is -2.29. The number of amides is 1. The summed E-state index contributed by atoms with van der Waals surface area (Å²) < 4.78 is 41.1. The van der Waals surface area contributed by atoms with Gasteiger partial charge in [-0.05, 0) is 54.4 Å². The highest BCUT2D eigenvalue weighted by Gasteiger charge is 2.30. The van der Waals surface area contributed by atoms with E-state index in [4.69, 9.17) is 0 Å². The Labute approximate surface area is 162 Å². The highest BCUT2D eigenvalue weighted by atomic mass is 32.2. The van der Waals surface area contributed by atoms with Crippen LogP contribution < -0.4 is 9.62 Å². The molecule has 5 nitrogen and oxygen atoms in total. The van der Waals surface area contributed by atoms with Crippen molar-refractivity contribution in [2.24, 2.45) is 0 Å². The molecule has 142 valence electrons. The molecule has 0 atom stereocenters. The Hall–Kier alpha value is -3.19. The van der Waals surface area contributed by atoms with E-state index in [-0.39, 0.29) is 10.5 Å². The van der Waals surface area contributed by atoms with Gasteiger partial charge < -0.3 is 5.32 Å². The van der Waals surface area contributed by atoms with E-state index in [1.807, 2.05) is 18.2 Å². The van der Waals surface area contributed by atoms with Crippen LogP contribution in [0.1, 0.15) is 15.9 Å². The molecule has 0 bridgehead atoms. The van der Waals surface area contributed by atoms with Crippen LogP contribution in [-0.2, 0) is 16.4 Å². The van der Waals surface area contributed by atoms with Gasteiger partial charge in [0.2, 0.25) is 0 Å². The molecule has 0 saturated heterocycles. The van der Waals surface area contributed by atoms with Crippen molar-refractivity contribution in [1.29, 1.82) is 0 Å². The van der Waals surface area contributed by atoms with E-state index in [1.54, 1.807) is 12.1 Å². The zero-order chi connectivity index (χ0) is 19.7. The van der Waals surface area contributed by atoms with Crippen LogP contribution in [0.3, 0.4) is 0 Å². The van der Waals surface area contributed by atoms with Crippen LogP contribution in [0.2, 0.25) is 0 Å². The maximum absolute atomic E-state index is 13.7. The van der Waals surface area contributed by atoms with Crippen LogP contribution in [0.15, 0.2) is 77.7 Å². The SMILES string of the molecule is O=C(Nc1ccc(S(=O)(=O)N2CCc3ccccc32)cc1)c1ccccc1F. The molecule has 4 rings (SSSR count). The van der Waals surface area contributed by atoms with Gasteiger partial charge in [0.15, 0.2) is 0 Å². The third-order valence-electron chi connectivity index (χ3n) is 4.66. The summed E-state index contributed by atoms with van der Waals surface area (Å²) in [5.41, 5.74) is 2.00. The fourth-order valence-electron chi connectivity index (χ4n) is 3.24. The zero-order valence-electron chi connectivity index (χ0n) is 14.8. The van der Waals surface area contributed by atoms with Gasteiger partial charge in [0, 0.05) is 12.2 Å². The number of anilines is 2. The molecule has 0 spiro atoms. The van der Waals surface area contributed by atoms with Crippen molar-refractivity contribution in [1.82, 2.24) is 0 Å². The molecular weight excluding hydrogens is 379 g/mol. The Kier molecular flexibility index (Phi) is 4.60. The lowest BCUT2D eigenvalue weighted by molar-refractivity contribution is 0.102. The lowest BCUT2D eigenvalue weighted by Gasteiger charge is -2.19. The Morgan fingerprint density at radius 2 is 1.61 bits per heavy atom. The maximum Gasteiger partial charge on any atom is 0.264 e. The molecule has 0 unspecified atom stereocenters. The summed E-state index contributed by atoms with van der Waals surface area (Å²) in [6.07, 6.45) is 0.673. The maximum atomic E-state index is 13.7. The van der Waals surface area contributed by atoms with E-state index in [0.717, 1.165) is 5.56 Å². The Morgan fingerprint density at radius 1 is 0.929 bits per heavy atom. The highest BCUT2D eigenvalue weighted by molar-refractivity contribution is 7.92. The molecule has 1 aliphatic heterocycles. The summed E-state index contributed by atoms with van der Waals surface area (Å²) in [5.74, 6) is -1.21. The van der Waals surface area contributed by atoms with Gasteiger partial charge in [-0.3, -0.25) is 9.10 Å². The normalized spacial score (nSPS) is 13.2. The quantitative estimate of drug-likeness (QED) is 0.729. The lowest BCUT2D eigenvalue weighted by atomic mass is 10.2. The Balaban J connectivity index is 1.55. The van der Waals surface area contributed by atoms with Gasteiger partial charge in [-0.2, -0.15) is 0 Å². The number of nitrogens with one attached hydrogen (secondary N) is 1. The monoisotopic (exact) mass is 396 g/mol. The first-order chi connectivity index (χ1) is 13.5. The van der Waals surface area contributed by atoms with Crippen molar-refractivity contribution in [2.75, 3.05) is 16.2 Å². The van der Waals surface area contributed by atoms with Crippen molar-refractivity contribution < 1.29 is 17.6 Å². The minimum absolute atomic E-state index is 0.0760. The van der Waals surface area contributed by atoms with Gasteiger partial charge in [0.25, 0.3) is 15.9 Å². The summed E-state index contributed by atoms with van der Waals surface area (Å²) >= 11 is 0. The number of carbonyl (C=O) groups excluding carboxylic acids is 1. The molecule has 0 fully saturated rings. The average Bonchev–Trinajstić information content (AvgIpc) is 3.14. The van der Waals surface area contributed by atoms with E-state index >= 15 is 0 Å². The molecule has 1 heterocycles. The predicted molar refractivity (Wildman–Crippen MR) is 105 cm³/mol. The summed E-state index contributed by atoms with van der Waals surface area (Å²) in [6.45, 7) is 0.396. The topological polar surface area (TPSA) is 66.5 Å². The molecule has 0 saturated carbocycles. The number of carbonyl (C=O) groups is 1. The van der Waals surface area contributed by atoms with Gasteiger partial charge in [-0.15, -0.1) is 0 Å². The number of hydrogen-bond acceptors (Lipinski definition) is 3. The number of halogens is 1. The molecule has 3 aromatic carbocycles. The van der Waals surface area contributed by atoms with Crippen molar-refractivity contribution in [3.05, 3.63) is 89.7 Å². The van der Waals surface area contributed by atoms with Crippen LogP contribution in [0.5, 0.6) is 0 Å². The van der Waals surface area contributed by atoms with Gasteiger partial charge >= 0.3 is 0 Å². The fourth-order valence-corrected chi connectivity index (χ4v) is 4.74. The van der Waals surface area contributed by atoms with Gasteiger partial charge in [0.05, 0.1) is 16.1 Å². The minimum atomic E-state index is -3.70. The molecule has 0 aliphatic carbocycles.